The lowest BCUT2D eigenvalue weighted by atomic mass is 9.99. The van der Waals surface area contributed by atoms with Crippen LogP contribution in [0.5, 0.6) is 5.75 Å². The van der Waals surface area contributed by atoms with Gasteiger partial charge < -0.3 is 44.5 Å². The predicted octanol–water partition coefficient (Wildman–Crippen LogP) is 0.659. The Labute approximate surface area is 212 Å². The fourth-order valence-electron chi connectivity index (χ4n) is 3.75. The maximum absolute atomic E-state index is 12.0. The van der Waals surface area contributed by atoms with E-state index in [1.165, 1.54) is 19.9 Å². The Morgan fingerprint density at radius 3 is 2.59 bits per heavy atom. The molecule has 0 saturated carbocycles. The Kier molecular flexibility index (Phi) is 9.48. The van der Waals surface area contributed by atoms with Crippen LogP contribution < -0.4 is 10.1 Å². The summed E-state index contributed by atoms with van der Waals surface area (Å²) in [5.41, 5.74) is 1.98. The van der Waals surface area contributed by atoms with Gasteiger partial charge in [-0.2, -0.15) is 0 Å². The minimum Gasteiger partial charge on any atom is -0.462 e. The number of aromatic amines is 1. The molecule has 13 nitrogen and oxygen atoms in total. The number of aliphatic hydroxyl groups is 2. The normalized spacial score (nSPS) is 24.6. The summed E-state index contributed by atoms with van der Waals surface area (Å²) in [4.78, 5) is 44.9. The largest absolute Gasteiger partial charge is 0.470 e. The van der Waals surface area contributed by atoms with Crippen molar-refractivity contribution in [1.82, 2.24) is 10.3 Å². The van der Waals surface area contributed by atoms with Crippen molar-refractivity contribution < 1.29 is 52.9 Å². The van der Waals surface area contributed by atoms with Crippen LogP contribution in [0.1, 0.15) is 26.3 Å². The molecule has 0 aliphatic carbocycles. The van der Waals surface area contributed by atoms with Crippen LogP contribution in [0, 0.1) is 0 Å². The zero-order valence-electron chi connectivity index (χ0n) is 20.5. The number of allylic oxidation sites excluding steroid dienone is 1. The van der Waals surface area contributed by atoms with Gasteiger partial charge in [-0.15, -0.1) is 0 Å². The summed E-state index contributed by atoms with van der Waals surface area (Å²) in [6.07, 6.45) is -4.39. The molecule has 6 N–H and O–H groups in total. The SMILES string of the molecule is C/C=C(\C)C(=O)OC[C@H]1O[C@@H](Oc2ccc3[nH]cc(CCNC(C)=O)c3c2)[C@H](O)[C@@H](OP(=O)(O)O)[C@@H]1O. The number of carbonyl (C=O) groups excluding carboxylic acids is 2. The Bertz CT molecular complexity index is 1190. The second kappa shape index (κ2) is 12.2. The number of aromatic nitrogens is 1. The van der Waals surface area contributed by atoms with E-state index in [1.54, 1.807) is 31.3 Å². The van der Waals surface area contributed by atoms with Crippen molar-refractivity contribution in [1.29, 1.82) is 0 Å². The average molecular weight is 542 g/mol. The number of hydrogen-bond donors (Lipinski definition) is 6. The van der Waals surface area contributed by atoms with E-state index in [1.807, 2.05) is 0 Å². The lowest BCUT2D eigenvalue weighted by Gasteiger charge is -2.41. The van der Waals surface area contributed by atoms with E-state index in [9.17, 15) is 34.2 Å². The van der Waals surface area contributed by atoms with Crippen molar-refractivity contribution in [3.05, 3.63) is 41.6 Å². The van der Waals surface area contributed by atoms with Gasteiger partial charge in [-0.1, -0.05) is 6.08 Å². The number of benzene rings is 1. The average Bonchev–Trinajstić information content (AvgIpc) is 3.23. The third-order valence-corrected chi connectivity index (χ3v) is 6.31. The second-order valence-electron chi connectivity index (χ2n) is 8.53. The van der Waals surface area contributed by atoms with Gasteiger partial charge in [-0.25, -0.2) is 9.36 Å². The van der Waals surface area contributed by atoms with E-state index in [2.05, 4.69) is 14.8 Å². The van der Waals surface area contributed by atoms with Gasteiger partial charge in [0.2, 0.25) is 12.2 Å². The number of phosphoric ester groups is 1. The lowest BCUT2D eigenvalue weighted by molar-refractivity contribution is -0.275. The molecule has 1 aromatic heterocycles. The van der Waals surface area contributed by atoms with Gasteiger partial charge in [0.25, 0.3) is 0 Å². The fraction of sp³-hybridized carbons (Fsp3) is 0.478. The van der Waals surface area contributed by atoms with E-state index in [0.29, 0.717) is 18.5 Å². The van der Waals surface area contributed by atoms with Crippen molar-refractivity contribution in [2.45, 2.75) is 57.9 Å². The summed E-state index contributed by atoms with van der Waals surface area (Å²) < 4.78 is 32.7. The quantitative estimate of drug-likeness (QED) is 0.140. The molecule has 1 amide bonds. The molecule has 0 spiro atoms. The molecule has 204 valence electrons. The molecule has 0 unspecified atom stereocenters. The third-order valence-electron chi connectivity index (χ3n) is 5.79. The monoisotopic (exact) mass is 542 g/mol. The highest BCUT2D eigenvalue weighted by atomic mass is 31.2. The first-order chi connectivity index (χ1) is 17.4. The molecule has 37 heavy (non-hydrogen) atoms. The van der Waals surface area contributed by atoms with E-state index in [-0.39, 0.29) is 11.7 Å². The van der Waals surface area contributed by atoms with Gasteiger partial charge in [0.15, 0.2) is 0 Å². The molecule has 2 aromatic rings. The Morgan fingerprint density at radius 1 is 1.22 bits per heavy atom. The number of nitrogens with one attached hydrogen (secondary N) is 2. The number of ether oxygens (including phenoxy) is 3. The zero-order valence-corrected chi connectivity index (χ0v) is 21.4. The molecule has 5 atom stereocenters. The van der Waals surface area contributed by atoms with Crippen LogP contribution in [0.3, 0.4) is 0 Å². The summed E-state index contributed by atoms with van der Waals surface area (Å²) >= 11 is 0. The molecule has 14 heteroatoms. The van der Waals surface area contributed by atoms with Crippen LogP contribution in [0.25, 0.3) is 10.9 Å². The Hall–Kier alpha value is -2.77. The molecular weight excluding hydrogens is 511 g/mol. The molecular formula is C23H31N2O11P. The number of esters is 1. The van der Waals surface area contributed by atoms with E-state index in [0.717, 1.165) is 16.5 Å². The molecule has 3 rings (SSSR count). The number of rotatable bonds is 10. The smallest absolute Gasteiger partial charge is 0.462 e. The predicted molar refractivity (Wildman–Crippen MR) is 129 cm³/mol. The number of amides is 1. The van der Waals surface area contributed by atoms with Crippen molar-refractivity contribution in [3.8, 4) is 5.75 Å². The van der Waals surface area contributed by atoms with Crippen LogP contribution in [-0.4, -0.2) is 80.7 Å². The molecule has 1 aromatic carbocycles. The van der Waals surface area contributed by atoms with Gasteiger partial charge in [0.05, 0.1) is 0 Å². The summed E-state index contributed by atoms with van der Waals surface area (Å²) in [5, 5.41) is 24.8. The second-order valence-corrected chi connectivity index (χ2v) is 9.72. The minimum atomic E-state index is -5.13. The molecule has 0 radical (unpaired) electrons. The van der Waals surface area contributed by atoms with Crippen LogP contribution in [-0.2, 0) is 34.6 Å². The van der Waals surface area contributed by atoms with Crippen LogP contribution in [0.15, 0.2) is 36.0 Å². The van der Waals surface area contributed by atoms with Crippen molar-refractivity contribution in [2.75, 3.05) is 13.2 Å². The van der Waals surface area contributed by atoms with Crippen molar-refractivity contribution in [2.24, 2.45) is 0 Å². The van der Waals surface area contributed by atoms with Gasteiger partial charge in [-0.05, 0) is 44.0 Å². The highest BCUT2D eigenvalue weighted by molar-refractivity contribution is 7.46. The highest BCUT2D eigenvalue weighted by Gasteiger charge is 2.49. The number of phosphoric acid groups is 1. The molecule has 1 aliphatic rings. The lowest BCUT2D eigenvalue weighted by Crippen LogP contribution is -2.61. The Morgan fingerprint density at radius 2 is 1.95 bits per heavy atom. The highest BCUT2D eigenvalue weighted by Crippen LogP contribution is 2.41. The molecule has 0 bridgehead atoms. The standard InChI is InChI=1S/C23H31N2O11P/c1-4-12(2)22(29)33-11-18-19(27)21(36-37(30,31)32)20(28)23(35-18)34-15-5-6-17-16(9-15)14(10-25-17)7-8-24-13(3)26/h4-6,9-10,18-21,23,25,27-28H,7-8,11H2,1-3H3,(H,24,26)(H2,30,31,32)/b12-4+/t18-,19-,20-,21+,23-/m1/s1. The zero-order chi connectivity index (χ0) is 27.3. The van der Waals surface area contributed by atoms with Crippen LogP contribution in [0.2, 0.25) is 0 Å². The van der Waals surface area contributed by atoms with Crippen molar-refractivity contribution in [3.63, 3.8) is 0 Å². The van der Waals surface area contributed by atoms with E-state index < -0.39 is 51.1 Å². The number of carbonyl (C=O) groups is 2. The van der Waals surface area contributed by atoms with E-state index >= 15 is 0 Å². The number of fused-ring (bicyclic) bond motifs is 1. The summed E-state index contributed by atoms with van der Waals surface area (Å²) in [6, 6.07) is 4.97. The van der Waals surface area contributed by atoms with Gasteiger partial charge in [0.1, 0.15) is 36.8 Å². The summed E-state index contributed by atoms with van der Waals surface area (Å²) in [7, 11) is -5.13. The first kappa shape index (κ1) is 28.8. The fourth-order valence-corrected chi connectivity index (χ4v) is 4.32. The maximum atomic E-state index is 12.0. The molecule has 1 saturated heterocycles. The van der Waals surface area contributed by atoms with Gasteiger partial charge in [0, 0.05) is 36.1 Å². The van der Waals surface area contributed by atoms with Gasteiger partial charge in [-0.3, -0.25) is 9.32 Å². The van der Waals surface area contributed by atoms with Crippen molar-refractivity contribution >= 4 is 30.6 Å². The minimum absolute atomic E-state index is 0.150. The molecule has 1 aliphatic heterocycles. The molecule has 1 fully saturated rings. The van der Waals surface area contributed by atoms with Crippen LogP contribution >= 0.6 is 7.82 Å². The third kappa shape index (κ3) is 7.62. The topological polar surface area (TPSA) is 197 Å². The number of H-pyrrole nitrogens is 1. The summed E-state index contributed by atoms with van der Waals surface area (Å²) in [6.45, 7) is 4.51. The first-order valence-electron chi connectivity index (χ1n) is 11.5. The number of aliphatic hydroxyl groups excluding tert-OH is 2. The first-order valence-corrected chi connectivity index (χ1v) is 13.0. The van der Waals surface area contributed by atoms with E-state index in [4.69, 9.17) is 14.2 Å². The Balaban J connectivity index is 1.81. The molecule has 2 heterocycles. The number of hydrogen-bond acceptors (Lipinski definition) is 9. The summed E-state index contributed by atoms with van der Waals surface area (Å²) in [5.74, 6) is -0.592. The van der Waals surface area contributed by atoms with Gasteiger partial charge >= 0.3 is 13.8 Å². The maximum Gasteiger partial charge on any atom is 0.470 e. The van der Waals surface area contributed by atoms with Crippen LogP contribution in [0.4, 0.5) is 0 Å².